The first-order valence-corrected chi connectivity index (χ1v) is 11.3. The van der Waals surface area contributed by atoms with Crippen LogP contribution in [0.2, 0.25) is 0 Å². The minimum absolute atomic E-state index is 0.151. The lowest BCUT2D eigenvalue weighted by Crippen LogP contribution is -2.48. The van der Waals surface area contributed by atoms with Gasteiger partial charge in [-0.15, -0.1) is 0 Å². The number of hydrogen-bond donors (Lipinski definition) is 0. The maximum absolute atomic E-state index is 13.8. The molecule has 2 heterocycles. The zero-order valence-electron chi connectivity index (χ0n) is 15.5. The highest BCUT2D eigenvalue weighted by Gasteiger charge is 2.22. The number of aliphatic imine (C=N–C) groups is 1. The van der Waals surface area contributed by atoms with E-state index in [-0.39, 0.29) is 11.7 Å². The van der Waals surface area contributed by atoms with Crippen LogP contribution in [0, 0.1) is 5.82 Å². The van der Waals surface area contributed by atoms with Crippen LogP contribution < -0.4 is 0 Å². The summed E-state index contributed by atoms with van der Waals surface area (Å²) in [6, 6.07) is 15.0. The zero-order chi connectivity index (χ0) is 19.3. The summed E-state index contributed by atoms with van der Waals surface area (Å²) in [6.07, 6.45) is 0. The van der Waals surface area contributed by atoms with Crippen LogP contribution in [-0.4, -0.2) is 52.0 Å². The maximum atomic E-state index is 13.8. The lowest BCUT2D eigenvalue weighted by Gasteiger charge is -2.34. The number of fused-ring (bicyclic) bond motifs is 1. The third-order valence-electron chi connectivity index (χ3n) is 4.95. The zero-order valence-corrected chi connectivity index (χ0v) is 17.1. The normalized spacial score (nSPS) is 17.2. The van der Waals surface area contributed by atoms with Crippen LogP contribution in [0.4, 0.5) is 10.1 Å². The van der Waals surface area contributed by atoms with Crippen molar-refractivity contribution in [3.63, 3.8) is 0 Å². The summed E-state index contributed by atoms with van der Waals surface area (Å²) >= 11 is 3.22. The minimum Gasteiger partial charge on any atom is -0.339 e. The number of nitrogens with zero attached hydrogens (tertiary/aromatic N) is 3. The summed E-state index contributed by atoms with van der Waals surface area (Å²) in [7, 11) is 0. The summed E-state index contributed by atoms with van der Waals surface area (Å²) in [4.78, 5) is 21.3. The third kappa shape index (κ3) is 4.77. The number of thioether (sulfide) groups is 2. The Morgan fingerprint density at radius 2 is 1.82 bits per heavy atom. The van der Waals surface area contributed by atoms with Crippen molar-refractivity contribution in [2.24, 2.45) is 4.99 Å². The van der Waals surface area contributed by atoms with Crippen LogP contribution in [0.1, 0.15) is 11.1 Å². The van der Waals surface area contributed by atoms with E-state index in [1.165, 1.54) is 23.4 Å². The van der Waals surface area contributed by atoms with Crippen LogP contribution in [0.5, 0.6) is 0 Å². The molecule has 0 spiro atoms. The molecule has 0 aliphatic carbocycles. The molecule has 146 valence electrons. The van der Waals surface area contributed by atoms with E-state index in [0.717, 1.165) is 28.9 Å². The molecule has 1 fully saturated rings. The van der Waals surface area contributed by atoms with Gasteiger partial charge in [-0.2, -0.15) is 0 Å². The molecule has 0 bridgehead atoms. The van der Waals surface area contributed by atoms with Crippen molar-refractivity contribution in [3.05, 3.63) is 65.5 Å². The van der Waals surface area contributed by atoms with Gasteiger partial charge < -0.3 is 4.90 Å². The molecule has 7 heteroatoms. The van der Waals surface area contributed by atoms with Crippen LogP contribution >= 0.6 is 23.5 Å². The molecule has 2 aromatic rings. The number of rotatable bonds is 4. The van der Waals surface area contributed by atoms with Crippen molar-refractivity contribution in [2.45, 2.75) is 12.3 Å². The van der Waals surface area contributed by atoms with Gasteiger partial charge in [0.25, 0.3) is 0 Å². The third-order valence-corrected chi connectivity index (χ3v) is 7.18. The summed E-state index contributed by atoms with van der Waals surface area (Å²) in [6.45, 7) is 3.52. The SMILES string of the molecule is O=C(CSC1=Nc2ccccc2CS1)N1CCN(Cc2ccccc2F)CC1. The largest absolute Gasteiger partial charge is 0.339 e. The van der Waals surface area contributed by atoms with E-state index in [2.05, 4.69) is 16.0 Å². The lowest BCUT2D eigenvalue weighted by atomic mass is 10.2. The molecule has 0 aromatic heterocycles. The molecular formula is C21H22FN3OS2. The molecule has 4 nitrogen and oxygen atoms in total. The molecule has 4 rings (SSSR count). The minimum atomic E-state index is -0.162. The summed E-state index contributed by atoms with van der Waals surface area (Å²) in [5, 5.41) is 0. The van der Waals surface area contributed by atoms with Crippen molar-refractivity contribution in [2.75, 3.05) is 31.9 Å². The Morgan fingerprint density at radius 1 is 1.07 bits per heavy atom. The van der Waals surface area contributed by atoms with Crippen LogP contribution in [0.25, 0.3) is 0 Å². The number of halogens is 1. The molecule has 2 aromatic carbocycles. The average molecular weight is 416 g/mol. The Balaban J connectivity index is 1.25. The number of benzene rings is 2. The highest BCUT2D eigenvalue weighted by atomic mass is 32.2. The molecule has 0 saturated carbocycles. The van der Waals surface area contributed by atoms with Gasteiger partial charge in [0.15, 0.2) is 0 Å². The van der Waals surface area contributed by atoms with Gasteiger partial charge in [0.05, 0.1) is 11.4 Å². The fraction of sp³-hybridized carbons (Fsp3) is 0.333. The standard InChI is InChI=1S/C21H22FN3OS2/c22-18-7-3-1-5-16(18)13-24-9-11-25(12-10-24)20(26)15-28-21-23-19-8-4-2-6-17(19)14-27-21/h1-8H,9-15H2. The van der Waals surface area contributed by atoms with Gasteiger partial charge >= 0.3 is 0 Å². The number of carbonyl (C=O) groups excluding carboxylic acids is 1. The van der Waals surface area contributed by atoms with Gasteiger partial charge in [0.2, 0.25) is 5.91 Å². The van der Waals surface area contributed by atoms with E-state index in [0.29, 0.717) is 31.0 Å². The van der Waals surface area contributed by atoms with Crippen LogP contribution in [0.3, 0.4) is 0 Å². The Kier molecular flexibility index (Phi) is 6.34. The molecule has 2 aliphatic heterocycles. The first-order valence-electron chi connectivity index (χ1n) is 9.35. The Hall–Kier alpha value is -1.83. The highest BCUT2D eigenvalue weighted by molar-refractivity contribution is 8.38. The van der Waals surface area contributed by atoms with E-state index in [4.69, 9.17) is 0 Å². The summed E-state index contributed by atoms with van der Waals surface area (Å²) in [5.41, 5.74) is 2.97. The number of amides is 1. The molecule has 1 saturated heterocycles. The van der Waals surface area contributed by atoms with Crippen molar-refractivity contribution in [1.29, 1.82) is 0 Å². The van der Waals surface area contributed by atoms with E-state index in [1.54, 1.807) is 17.8 Å². The molecule has 0 radical (unpaired) electrons. The number of piperazine rings is 1. The molecule has 0 atom stereocenters. The smallest absolute Gasteiger partial charge is 0.233 e. The van der Waals surface area contributed by atoms with Crippen molar-refractivity contribution < 1.29 is 9.18 Å². The van der Waals surface area contributed by atoms with Crippen molar-refractivity contribution in [1.82, 2.24) is 9.80 Å². The topological polar surface area (TPSA) is 35.9 Å². The predicted octanol–water partition coefficient (Wildman–Crippen LogP) is 4.14. The Labute approximate surface area is 173 Å². The van der Waals surface area contributed by atoms with Gasteiger partial charge in [0.1, 0.15) is 10.2 Å². The van der Waals surface area contributed by atoms with Crippen LogP contribution in [-0.2, 0) is 17.1 Å². The second kappa shape index (κ2) is 9.11. The quantitative estimate of drug-likeness (QED) is 0.752. The van der Waals surface area contributed by atoms with Crippen LogP contribution in [0.15, 0.2) is 53.5 Å². The van der Waals surface area contributed by atoms with E-state index in [1.807, 2.05) is 35.2 Å². The Morgan fingerprint density at radius 3 is 2.64 bits per heavy atom. The number of carbonyl (C=O) groups is 1. The first-order chi connectivity index (χ1) is 13.7. The lowest BCUT2D eigenvalue weighted by molar-refractivity contribution is -0.130. The molecule has 2 aliphatic rings. The van der Waals surface area contributed by atoms with Gasteiger partial charge in [-0.1, -0.05) is 59.9 Å². The van der Waals surface area contributed by atoms with Gasteiger partial charge in [-0.25, -0.2) is 9.38 Å². The van der Waals surface area contributed by atoms with Gasteiger partial charge in [-0.3, -0.25) is 9.69 Å². The van der Waals surface area contributed by atoms with Crippen molar-refractivity contribution >= 4 is 39.5 Å². The summed E-state index contributed by atoms with van der Waals surface area (Å²) in [5.74, 6) is 1.31. The fourth-order valence-electron chi connectivity index (χ4n) is 3.32. The summed E-state index contributed by atoms with van der Waals surface area (Å²) < 4.78 is 14.8. The Bertz CT molecular complexity index is 881. The molecule has 0 N–H and O–H groups in total. The van der Waals surface area contributed by atoms with E-state index >= 15 is 0 Å². The predicted molar refractivity (Wildman–Crippen MR) is 116 cm³/mol. The number of hydrogen-bond acceptors (Lipinski definition) is 5. The van der Waals surface area contributed by atoms with Gasteiger partial charge in [0, 0.05) is 44.0 Å². The van der Waals surface area contributed by atoms with E-state index < -0.39 is 0 Å². The second-order valence-corrected chi connectivity index (χ2v) is 9.02. The molecule has 1 amide bonds. The molecule has 0 unspecified atom stereocenters. The monoisotopic (exact) mass is 415 g/mol. The molecule has 28 heavy (non-hydrogen) atoms. The van der Waals surface area contributed by atoms with Crippen molar-refractivity contribution in [3.8, 4) is 0 Å². The molecular weight excluding hydrogens is 393 g/mol. The second-order valence-electron chi connectivity index (χ2n) is 6.83. The first kappa shape index (κ1) is 19.5. The average Bonchev–Trinajstić information content (AvgIpc) is 2.74. The maximum Gasteiger partial charge on any atom is 0.233 e. The van der Waals surface area contributed by atoms with Gasteiger partial charge in [-0.05, 0) is 17.7 Å². The number of para-hydroxylation sites is 1. The van der Waals surface area contributed by atoms with E-state index in [9.17, 15) is 9.18 Å². The highest BCUT2D eigenvalue weighted by Crippen LogP contribution is 2.34. The fourth-order valence-corrected chi connectivity index (χ4v) is 5.29.